The molecule has 8 heteroatoms. The Bertz CT molecular complexity index is 1020. The fourth-order valence-electron chi connectivity index (χ4n) is 3.97. The van der Waals surface area contributed by atoms with Crippen LogP contribution in [0.15, 0.2) is 59.5 Å². The minimum atomic E-state index is -3.49. The number of benzene rings is 2. The third kappa shape index (κ3) is 4.24. The number of para-hydroxylation sites is 1. The lowest BCUT2D eigenvalue weighted by Crippen LogP contribution is -2.31. The van der Waals surface area contributed by atoms with E-state index in [2.05, 4.69) is 5.32 Å². The number of sulfonamides is 1. The van der Waals surface area contributed by atoms with E-state index < -0.39 is 10.0 Å². The lowest BCUT2D eigenvalue weighted by Gasteiger charge is -2.17. The number of anilines is 1. The van der Waals surface area contributed by atoms with E-state index in [4.69, 9.17) is 0 Å². The largest absolute Gasteiger partial charge is 0.352 e. The van der Waals surface area contributed by atoms with Gasteiger partial charge in [0.1, 0.15) is 0 Å². The van der Waals surface area contributed by atoms with Crippen molar-refractivity contribution >= 4 is 27.5 Å². The molecule has 4 rings (SSSR count). The fourth-order valence-corrected chi connectivity index (χ4v) is 5.49. The van der Waals surface area contributed by atoms with Crippen LogP contribution in [0.1, 0.15) is 29.6 Å². The molecule has 1 atom stereocenters. The minimum absolute atomic E-state index is 0.0384. The van der Waals surface area contributed by atoms with Crippen LogP contribution in [-0.4, -0.2) is 50.7 Å². The molecule has 2 amide bonds. The van der Waals surface area contributed by atoms with E-state index in [0.29, 0.717) is 38.2 Å². The van der Waals surface area contributed by atoms with Gasteiger partial charge in [-0.3, -0.25) is 9.59 Å². The summed E-state index contributed by atoms with van der Waals surface area (Å²) in [6.07, 6.45) is 2.15. The molecule has 0 aliphatic carbocycles. The van der Waals surface area contributed by atoms with E-state index in [1.165, 1.54) is 28.6 Å². The van der Waals surface area contributed by atoms with Gasteiger partial charge in [-0.25, -0.2) is 8.42 Å². The Morgan fingerprint density at radius 3 is 2.33 bits per heavy atom. The molecule has 2 aromatic carbocycles. The van der Waals surface area contributed by atoms with Gasteiger partial charge in [0.2, 0.25) is 15.9 Å². The summed E-state index contributed by atoms with van der Waals surface area (Å²) in [7, 11) is -3.49. The first-order valence-electron chi connectivity index (χ1n) is 10.2. The summed E-state index contributed by atoms with van der Waals surface area (Å²) in [6, 6.07) is 15.5. The summed E-state index contributed by atoms with van der Waals surface area (Å²) in [5.41, 5.74) is 1.27. The van der Waals surface area contributed by atoms with Gasteiger partial charge < -0.3 is 10.2 Å². The Labute approximate surface area is 176 Å². The highest BCUT2D eigenvalue weighted by Crippen LogP contribution is 2.24. The number of hydrogen-bond acceptors (Lipinski definition) is 4. The summed E-state index contributed by atoms with van der Waals surface area (Å²) < 4.78 is 26.6. The zero-order valence-corrected chi connectivity index (χ0v) is 17.5. The third-order valence-electron chi connectivity index (χ3n) is 5.64. The molecule has 158 valence electrons. The van der Waals surface area contributed by atoms with E-state index in [9.17, 15) is 18.0 Å². The molecule has 2 fully saturated rings. The molecule has 0 saturated carbocycles. The summed E-state index contributed by atoms with van der Waals surface area (Å²) in [6.45, 7) is 2.05. The minimum Gasteiger partial charge on any atom is -0.352 e. The quantitative estimate of drug-likeness (QED) is 0.766. The number of rotatable bonds is 6. The number of carbonyl (C=O) groups excluding carboxylic acids is 2. The lowest BCUT2D eigenvalue weighted by atomic mass is 10.1. The van der Waals surface area contributed by atoms with Gasteiger partial charge in [-0.05, 0) is 49.2 Å². The standard InChI is InChI=1S/C22H25N3O4S/c26-21-14-17(16-25(21)19-6-2-1-3-7-19)15-23-22(27)18-8-10-20(11-9-18)30(28,29)24-12-4-5-13-24/h1-3,6-11,17H,4-5,12-16H2,(H,23,27). The highest BCUT2D eigenvalue weighted by Gasteiger charge is 2.31. The number of hydrogen-bond donors (Lipinski definition) is 1. The second kappa shape index (κ2) is 8.57. The smallest absolute Gasteiger partial charge is 0.251 e. The van der Waals surface area contributed by atoms with Crippen LogP contribution >= 0.6 is 0 Å². The molecule has 30 heavy (non-hydrogen) atoms. The molecule has 2 aromatic rings. The summed E-state index contributed by atoms with van der Waals surface area (Å²) in [4.78, 5) is 26.7. The van der Waals surface area contributed by atoms with Gasteiger partial charge in [0.15, 0.2) is 0 Å². The normalized spacial score (nSPS) is 19.9. The second-order valence-electron chi connectivity index (χ2n) is 7.76. The molecule has 1 unspecified atom stereocenters. The second-order valence-corrected chi connectivity index (χ2v) is 9.69. The Balaban J connectivity index is 1.34. The Hall–Kier alpha value is -2.71. The Morgan fingerprint density at radius 1 is 1.00 bits per heavy atom. The summed E-state index contributed by atoms with van der Waals surface area (Å²) in [5.74, 6) is -0.181. The summed E-state index contributed by atoms with van der Waals surface area (Å²) >= 11 is 0. The van der Waals surface area contributed by atoms with Crippen LogP contribution in [0.3, 0.4) is 0 Å². The van der Waals surface area contributed by atoms with Crippen LogP contribution < -0.4 is 10.2 Å². The number of amides is 2. The van der Waals surface area contributed by atoms with Crippen LogP contribution in [0.25, 0.3) is 0 Å². The Kier molecular flexibility index (Phi) is 5.87. The molecule has 2 heterocycles. The average Bonchev–Trinajstić information content (AvgIpc) is 3.43. The molecule has 7 nitrogen and oxygen atoms in total. The van der Waals surface area contributed by atoms with E-state index in [1.54, 1.807) is 4.90 Å². The van der Waals surface area contributed by atoms with E-state index in [0.717, 1.165) is 18.5 Å². The van der Waals surface area contributed by atoms with E-state index in [1.807, 2.05) is 30.3 Å². The first-order valence-corrected chi connectivity index (χ1v) is 11.6. The Morgan fingerprint density at radius 2 is 1.67 bits per heavy atom. The molecule has 2 saturated heterocycles. The SMILES string of the molecule is O=C(NCC1CC(=O)N(c2ccccc2)C1)c1ccc(S(=O)(=O)N2CCCC2)cc1. The molecule has 0 bridgehead atoms. The molecule has 2 aliphatic rings. The van der Waals surface area contributed by atoms with Crippen molar-refractivity contribution < 1.29 is 18.0 Å². The van der Waals surface area contributed by atoms with Gasteiger partial charge >= 0.3 is 0 Å². The molecule has 2 aliphatic heterocycles. The van der Waals surface area contributed by atoms with Crippen molar-refractivity contribution in [1.82, 2.24) is 9.62 Å². The van der Waals surface area contributed by atoms with Crippen molar-refractivity contribution in [3.8, 4) is 0 Å². The van der Waals surface area contributed by atoms with Gasteiger partial charge in [0.05, 0.1) is 4.90 Å². The highest BCUT2D eigenvalue weighted by molar-refractivity contribution is 7.89. The van der Waals surface area contributed by atoms with Crippen molar-refractivity contribution in [2.75, 3.05) is 31.1 Å². The van der Waals surface area contributed by atoms with Gasteiger partial charge in [0, 0.05) is 49.8 Å². The maximum absolute atomic E-state index is 12.6. The van der Waals surface area contributed by atoms with Crippen LogP contribution in [0.4, 0.5) is 5.69 Å². The zero-order chi connectivity index (χ0) is 21.1. The first kappa shape index (κ1) is 20.6. The summed E-state index contributed by atoms with van der Waals surface area (Å²) in [5, 5.41) is 2.87. The highest BCUT2D eigenvalue weighted by atomic mass is 32.2. The van der Waals surface area contributed by atoms with E-state index in [-0.39, 0.29) is 22.6 Å². The van der Waals surface area contributed by atoms with Crippen LogP contribution in [0.2, 0.25) is 0 Å². The zero-order valence-electron chi connectivity index (χ0n) is 16.7. The maximum Gasteiger partial charge on any atom is 0.251 e. The van der Waals surface area contributed by atoms with Crippen LogP contribution in [0, 0.1) is 5.92 Å². The molecule has 0 spiro atoms. The molecular weight excluding hydrogens is 402 g/mol. The number of nitrogens with zero attached hydrogens (tertiary/aromatic N) is 2. The fraction of sp³-hybridized carbons (Fsp3) is 0.364. The van der Waals surface area contributed by atoms with Crippen molar-refractivity contribution in [2.24, 2.45) is 5.92 Å². The van der Waals surface area contributed by atoms with Gasteiger partial charge in [-0.1, -0.05) is 18.2 Å². The van der Waals surface area contributed by atoms with Gasteiger partial charge in [-0.2, -0.15) is 4.31 Å². The molecule has 0 radical (unpaired) electrons. The maximum atomic E-state index is 12.6. The van der Waals surface area contributed by atoms with Crippen LogP contribution in [0.5, 0.6) is 0 Å². The van der Waals surface area contributed by atoms with Crippen molar-refractivity contribution in [1.29, 1.82) is 0 Å². The van der Waals surface area contributed by atoms with E-state index >= 15 is 0 Å². The monoisotopic (exact) mass is 427 g/mol. The lowest BCUT2D eigenvalue weighted by molar-refractivity contribution is -0.117. The van der Waals surface area contributed by atoms with Gasteiger partial charge in [-0.15, -0.1) is 0 Å². The predicted molar refractivity (Wildman–Crippen MR) is 114 cm³/mol. The molecule has 1 N–H and O–H groups in total. The molecule has 0 aromatic heterocycles. The van der Waals surface area contributed by atoms with Gasteiger partial charge in [0.25, 0.3) is 5.91 Å². The van der Waals surface area contributed by atoms with Crippen molar-refractivity contribution in [2.45, 2.75) is 24.2 Å². The van der Waals surface area contributed by atoms with Crippen LogP contribution in [-0.2, 0) is 14.8 Å². The number of carbonyl (C=O) groups is 2. The third-order valence-corrected chi connectivity index (χ3v) is 7.56. The molecular formula is C22H25N3O4S. The number of nitrogens with one attached hydrogen (secondary N) is 1. The topological polar surface area (TPSA) is 86.8 Å². The predicted octanol–water partition coefficient (Wildman–Crippen LogP) is 2.25. The van der Waals surface area contributed by atoms with Crippen molar-refractivity contribution in [3.05, 3.63) is 60.2 Å². The van der Waals surface area contributed by atoms with Crippen molar-refractivity contribution in [3.63, 3.8) is 0 Å². The first-order chi connectivity index (χ1) is 14.4. The average molecular weight is 428 g/mol.